The number of carbonyl (C=O) groups is 1. The van der Waals surface area contributed by atoms with Crippen molar-refractivity contribution in [3.05, 3.63) is 79.8 Å². The first-order chi connectivity index (χ1) is 15.1. The van der Waals surface area contributed by atoms with Gasteiger partial charge in [-0.1, -0.05) is 36.9 Å². The summed E-state index contributed by atoms with van der Waals surface area (Å²) < 4.78 is 6.22. The van der Waals surface area contributed by atoms with Crippen LogP contribution in [-0.2, 0) is 4.79 Å². The third-order valence-corrected chi connectivity index (χ3v) is 5.08. The smallest absolute Gasteiger partial charge is 0.245 e. The summed E-state index contributed by atoms with van der Waals surface area (Å²) in [6, 6.07) is 16.0. The van der Waals surface area contributed by atoms with Crippen molar-refractivity contribution in [2.24, 2.45) is 0 Å². The maximum Gasteiger partial charge on any atom is 0.245 e. The second-order valence-electron chi connectivity index (χ2n) is 7.36. The molecule has 31 heavy (non-hydrogen) atoms. The van der Waals surface area contributed by atoms with Gasteiger partial charge in [0.1, 0.15) is 11.9 Å². The van der Waals surface area contributed by atoms with Gasteiger partial charge in [0.2, 0.25) is 5.91 Å². The van der Waals surface area contributed by atoms with Crippen LogP contribution in [0, 0.1) is 0 Å². The molecule has 1 N–H and O–H groups in total. The number of aromatic amines is 1. The van der Waals surface area contributed by atoms with Crippen LogP contribution < -0.4 is 4.74 Å². The average Bonchev–Trinajstić information content (AvgIpc) is 3.18. The summed E-state index contributed by atoms with van der Waals surface area (Å²) in [5.74, 6) is 0.494. The highest BCUT2D eigenvalue weighted by atomic mass is 16.5. The van der Waals surface area contributed by atoms with Gasteiger partial charge in [0, 0.05) is 30.6 Å². The van der Waals surface area contributed by atoms with E-state index in [0.29, 0.717) is 12.3 Å². The minimum Gasteiger partial charge on any atom is -0.487 e. The summed E-state index contributed by atoms with van der Waals surface area (Å²) in [6.45, 7) is 5.89. The number of carbonyl (C=O) groups excluding carboxylic acids is 1. The number of H-pyrrole nitrogens is 1. The Morgan fingerprint density at radius 2 is 2.00 bits per heavy atom. The van der Waals surface area contributed by atoms with Gasteiger partial charge in [-0.3, -0.25) is 14.8 Å². The topological polar surface area (TPSA) is 71.1 Å². The Labute approximate surface area is 181 Å². The molecule has 0 aliphatic heterocycles. The Kier molecular flexibility index (Phi) is 5.80. The van der Waals surface area contributed by atoms with E-state index in [-0.39, 0.29) is 12.0 Å². The highest BCUT2D eigenvalue weighted by molar-refractivity contribution is 6.02. The number of hydrogen-bond acceptors (Lipinski definition) is 4. The quantitative estimate of drug-likeness (QED) is 0.447. The lowest BCUT2D eigenvalue weighted by molar-refractivity contribution is -0.125. The Balaban J connectivity index is 1.76. The molecule has 6 heteroatoms. The van der Waals surface area contributed by atoms with E-state index in [4.69, 9.17) is 4.74 Å². The van der Waals surface area contributed by atoms with Crippen molar-refractivity contribution in [3.63, 3.8) is 0 Å². The van der Waals surface area contributed by atoms with Gasteiger partial charge in [-0.2, -0.15) is 0 Å². The predicted octanol–water partition coefficient (Wildman–Crippen LogP) is 4.70. The molecule has 0 bridgehead atoms. The van der Waals surface area contributed by atoms with E-state index in [1.165, 1.54) is 6.08 Å². The van der Waals surface area contributed by atoms with Gasteiger partial charge in [-0.25, -0.2) is 0 Å². The SMILES string of the molecule is C=CC(=O)N(C)C[C@H](C)Oc1cnccc1-c1[nH]c2cccnc2c1-c1ccccc1. The molecule has 0 fully saturated rings. The Hall–Kier alpha value is -3.93. The predicted molar refractivity (Wildman–Crippen MR) is 123 cm³/mol. The molecule has 1 atom stereocenters. The molecular formula is C25H24N4O2. The fourth-order valence-corrected chi connectivity index (χ4v) is 3.67. The van der Waals surface area contributed by atoms with Crippen LogP contribution in [-0.4, -0.2) is 45.5 Å². The van der Waals surface area contributed by atoms with Crippen LogP contribution in [0.4, 0.5) is 0 Å². The number of pyridine rings is 2. The molecule has 1 amide bonds. The molecular weight excluding hydrogens is 388 g/mol. The number of ether oxygens (including phenoxy) is 1. The van der Waals surface area contributed by atoms with E-state index < -0.39 is 0 Å². The molecule has 0 saturated heterocycles. The van der Waals surface area contributed by atoms with Gasteiger partial charge in [0.05, 0.1) is 29.5 Å². The van der Waals surface area contributed by atoms with E-state index in [0.717, 1.165) is 33.4 Å². The maximum absolute atomic E-state index is 11.8. The molecule has 3 aromatic heterocycles. The summed E-state index contributed by atoms with van der Waals surface area (Å²) in [5, 5.41) is 0. The third-order valence-electron chi connectivity index (χ3n) is 5.08. The molecule has 156 valence electrons. The van der Waals surface area contributed by atoms with Crippen molar-refractivity contribution in [2.75, 3.05) is 13.6 Å². The van der Waals surface area contributed by atoms with Crippen LogP contribution in [0.15, 0.2) is 79.8 Å². The van der Waals surface area contributed by atoms with Crippen molar-refractivity contribution >= 4 is 16.9 Å². The summed E-state index contributed by atoms with van der Waals surface area (Å²) in [4.78, 5) is 25.8. The van der Waals surface area contributed by atoms with Crippen LogP contribution in [0.3, 0.4) is 0 Å². The summed E-state index contributed by atoms with van der Waals surface area (Å²) in [6.07, 6.45) is 6.30. The number of hydrogen-bond donors (Lipinski definition) is 1. The molecule has 1 aromatic carbocycles. The number of likely N-dealkylation sites (N-methyl/N-ethyl adjacent to an activating group) is 1. The highest BCUT2D eigenvalue weighted by Gasteiger charge is 2.20. The summed E-state index contributed by atoms with van der Waals surface area (Å²) >= 11 is 0. The maximum atomic E-state index is 11.8. The molecule has 0 spiro atoms. The van der Waals surface area contributed by atoms with Crippen molar-refractivity contribution in [3.8, 4) is 28.1 Å². The number of rotatable bonds is 7. The van der Waals surface area contributed by atoms with Crippen LogP contribution in [0.2, 0.25) is 0 Å². The Bertz CT molecular complexity index is 1220. The molecule has 3 heterocycles. The van der Waals surface area contributed by atoms with Gasteiger partial charge in [-0.05, 0) is 36.8 Å². The van der Waals surface area contributed by atoms with Crippen LogP contribution in [0.25, 0.3) is 33.4 Å². The van der Waals surface area contributed by atoms with E-state index >= 15 is 0 Å². The lowest BCUT2D eigenvalue weighted by atomic mass is 10.0. The largest absolute Gasteiger partial charge is 0.487 e. The van der Waals surface area contributed by atoms with Gasteiger partial charge in [-0.15, -0.1) is 0 Å². The van der Waals surface area contributed by atoms with Crippen LogP contribution in [0.1, 0.15) is 6.92 Å². The zero-order valence-corrected chi connectivity index (χ0v) is 17.6. The van der Waals surface area contributed by atoms with Crippen LogP contribution >= 0.6 is 0 Å². The van der Waals surface area contributed by atoms with Crippen molar-refractivity contribution in [2.45, 2.75) is 13.0 Å². The number of nitrogens with one attached hydrogen (secondary N) is 1. The molecule has 0 saturated carbocycles. The van der Waals surface area contributed by atoms with Gasteiger partial charge >= 0.3 is 0 Å². The van der Waals surface area contributed by atoms with Crippen molar-refractivity contribution in [1.82, 2.24) is 19.9 Å². The number of amides is 1. The van der Waals surface area contributed by atoms with Gasteiger partial charge in [0.25, 0.3) is 0 Å². The molecule has 0 aliphatic carbocycles. The van der Waals surface area contributed by atoms with E-state index in [1.54, 1.807) is 30.5 Å². The summed E-state index contributed by atoms with van der Waals surface area (Å²) in [5.41, 5.74) is 5.73. The molecule has 0 unspecified atom stereocenters. The van der Waals surface area contributed by atoms with E-state index in [9.17, 15) is 4.79 Å². The first-order valence-corrected chi connectivity index (χ1v) is 10.1. The van der Waals surface area contributed by atoms with Gasteiger partial charge < -0.3 is 14.6 Å². The fraction of sp³-hybridized carbons (Fsp3) is 0.160. The fourth-order valence-electron chi connectivity index (χ4n) is 3.67. The molecule has 4 rings (SSSR count). The monoisotopic (exact) mass is 412 g/mol. The Morgan fingerprint density at radius 3 is 2.77 bits per heavy atom. The number of fused-ring (bicyclic) bond motifs is 1. The molecule has 4 aromatic rings. The number of aromatic nitrogens is 3. The number of benzene rings is 1. The van der Waals surface area contributed by atoms with E-state index in [2.05, 4.69) is 33.7 Å². The van der Waals surface area contributed by atoms with Crippen molar-refractivity contribution < 1.29 is 9.53 Å². The molecule has 6 nitrogen and oxygen atoms in total. The summed E-state index contributed by atoms with van der Waals surface area (Å²) in [7, 11) is 1.73. The lowest BCUT2D eigenvalue weighted by Crippen LogP contribution is -2.34. The standard InChI is InChI=1S/C25H24N4O2/c1-4-22(30)29(3)16-17(2)31-21-15-26-14-12-19(21)24-23(18-9-6-5-7-10-18)25-20(28-24)11-8-13-27-25/h4-15,17,28H,1,16H2,2-3H3/t17-/m0/s1. The highest BCUT2D eigenvalue weighted by Crippen LogP contribution is 2.40. The van der Waals surface area contributed by atoms with E-state index in [1.807, 2.05) is 43.3 Å². The zero-order chi connectivity index (χ0) is 21.8. The third kappa shape index (κ3) is 4.19. The minimum absolute atomic E-state index is 0.144. The lowest BCUT2D eigenvalue weighted by Gasteiger charge is -2.22. The average molecular weight is 412 g/mol. The minimum atomic E-state index is -0.237. The first kappa shape index (κ1) is 20.3. The van der Waals surface area contributed by atoms with Gasteiger partial charge in [0.15, 0.2) is 0 Å². The first-order valence-electron chi connectivity index (χ1n) is 10.1. The second-order valence-corrected chi connectivity index (χ2v) is 7.36. The number of nitrogens with zero attached hydrogens (tertiary/aromatic N) is 3. The molecule has 0 radical (unpaired) electrons. The normalized spacial score (nSPS) is 11.8. The zero-order valence-electron chi connectivity index (χ0n) is 17.6. The van der Waals surface area contributed by atoms with Crippen molar-refractivity contribution in [1.29, 1.82) is 0 Å². The van der Waals surface area contributed by atoms with Crippen LogP contribution in [0.5, 0.6) is 5.75 Å². The Morgan fingerprint density at radius 1 is 1.19 bits per heavy atom. The second kappa shape index (κ2) is 8.83. The molecule has 0 aliphatic rings.